The van der Waals surface area contributed by atoms with Crippen LogP contribution in [0, 0.1) is 0 Å². The number of fused-ring (bicyclic) bond motifs is 4. The van der Waals surface area contributed by atoms with Crippen molar-refractivity contribution in [1.82, 2.24) is 49.7 Å². The third kappa shape index (κ3) is 16.9. The van der Waals surface area contributed by atoms with Crippen molar-refractivity contribution in [3.63, 3.8) is 0 Å². The van der Waals surface area contributed by atoms with Gasteiger partial charge in [0.25, 0.3) is 0 Å². The van der Waals surface area contributed by atoms with Crippen LogP contribution in [0.4, 0.5) is 0 Å². The summed E-state index contributed by atoms with van der Waals surface area (Å²) in [5, 5.41) is 15.8. The molecule has 9 rings (SSSR count). The third-order valence-electron chi connectivity index (χ3n) is 9.23. The Morgan fingerprint density at radius 2 is 0.968 bits per heavy atom. The van der Waals surface area contributed by atoms with E-state index in [-0.39, 0.29) is 0 Å². The molecule has 331 valence electrons. The number of aliphatic hydroxyl groups is 2. The minimum absolute atomic E-state index is 0.319. The van der Waals surface area contributed by atoms with Gasteiger partial charge in [-0.25, -0.2) is 15.0 Å². The molecule has 0 saturated carbocycles. The van der Waals surface area contributed by atoms with Crippen LogP contribution < -0.4 is 4.98 Å². The number of aromatic nitrogens is 8. The number of H-pyrrole nitrogens is 3. The van der Waals surface area contributed by atoms with Crippen LogP contribution in [0.5, 0.6) is 0 Å². The summed E-state index contributed by atoms with van der Waals surface area (Å²) in [7, 11) is 0. The first-order chi connectivity index (χ1) is 31.0. The molecular weight excluding hydrogens is 832 g/mol. The van der Waals surface area contributed by atoms with Crippen LogP contribution >= 0.6 is 0 Å². The molecule has 14 nitrogen and oxygen atoms in total. The van der Waals surface area contributed by atoms with Crippen molar-refractivity contribution in [2.24, 2.45) is 0 Å². The minimum atomic E-state index is 0.319. The number of benzene rings is 4. The number of rotatable bonds is 14. The summed E-state index contributed by atoms with van der Waals surface area (Å²) in [5.41, 5.74) is 8.04. The summed E-state index contributed by atoms with van der Waals surface area (Å²) in [6.45, 7) is 18.6. The molecule has 5 heterocycles. The van der Waals surface area contributed by atoms with Gasteiger partial charge >= 0.3 is 21.0 Å². The van der Waals surface area contributed by atoms with E-state index in [0.717, 1.165) is 137 Å². The molecule has 0 atom stereocenters. The van der Waals surface area contributed by atoms with Crippen LogP contribution in [0.2, 0.25) is 0 Å². The molecule has 0 amide bonds. The van der Waals surface area contributed by atoms with Gasteiger partial charge in [0.05, 0.1) is 52.7 Å². The molecule has 0 aliphatic carbocycles. The number of imidazole rings is 4. The van der Waals surface area contributed by atoms with Crippen LogP contribution in [0.3, 0.4) is 0 Å². The fourth-order valence-electron chi connectivity index (χ4n) is 6.35. The summed E-state index contributed by atoms with van der Waals surface area (Å²) in [6, 6.07) is 32.2. The van der Waals surface area contributed by atoms with E-state index in [1.807, 2.05) is 123 Å². The maximum absolute atomic E-state index is 8.19. The van der Waals surface area contributed by atoms with Crippen molar-refractivity contribution in [3.05, 3.63) is 146 Å². The zero-order chi connectivity index (χ0) is 45.1. The second kappa shape index (κ2) is 28.9. The van der Waals surface area contributed by atoms with E-state index in [1.54, 1.807) is 0 Å². The number of hydrogen-bond donors (Lipinski definition) is 5. The Labute approximate surface area is 379 Å². The second-order valence-electron chi connectivity index (χ2n) is 14.4. The van der Waals surface area contributed by atoms with Gasteiger partial charge in [0.2, 0.25) is 0 Å². The summed E-state index contributed by atoms with van der Waals surface area (Å²) < 4.78 is 13.1. The van der Waals surface area contributed by atoms with Crippen LogP contribution in [0.1, 0.15) is 62.8 Å². The molecule has 8 aromatic rings. The van der Waals surface area contributed by atoms with Crippen molar-refractivity contribution < 1.29 is 36.0 Å². The van der Waals surface area contributed by atoms with Gasteiger partial charge in [0, 0.05) is 46.1 Å². The van der Waals surface area contributed by atoms with Crippen molar-refractivity contribution >= 4 is 44.1 Å². The van der Waals surface area contributed by atoms with Crippen LogP contribution in [0.15, 0.2) is 122 Å². The average molecular weight is 893 g/mol. The Hall–Kier alpha value is -5.58. The Balaban J connectivity index is 0.000000210. The normalized spacial score (nSPS) is 11.7. The SMILES string of the molecule is C1CCOC1.C=CCN(Cc1nc2ccccc2[n-]1)Cc1nc2ccccc2[nH]1.C=CCN(Cc1nc2ccccc2[nH]1)Cc1nc2ccccc2[nH]1.CCCO.CCCO.[O]=[V+2]. The molecule has 5 N–H and O–H groups in total. The van der Waals surface area contributed by atoms with Gasteiger partial charge in [-0.2, -0.15) is 0 Å². The van der Waals surface area contributed by atoms with E-state index < -0.39 is 0 Å². The number of aliphatic hydroxyl groups excluding tert-OH is 2. The Morgan fingerprint density at radius 3 is 1.30 bits per heavy atom. The molecule has 15 heteroatoms. The predicted molar refractivity (Wildman–Crippen MR) is 247 cm³/mol. The monoisotopic (exact) mass is 892 g/mol. The fraction of sp³-hybridized carbons (Fsp3) is 0.333. The summed E-state index contributed by atoms with van der Waals surface area (Å²) in [6.07, 6.45) is 8.11. The standard InChI is InChI=1S/C19H19N5.C19H18N5.C4H8O.2C3H8O.O.V/c2*1-2-11-24(12-18-20-14-7-3-4-8-15(14)21-18)13-19-22-16-9-5-6-10-17(16)23-19;1-2-4-5-3-1;2*1-2-3-4;;/h2-10H,1,11-13H2,(H,20,21)(H,22,23);2-10H,1,11-13H2,(H-,20,21,22,23);1-4H2;2*4H,2-3H2,1H3;;/q;-1;;;;;+2. The second-order valence-corrected chi connectivity index (χ2v) is 14.4. The van der Waals surface area contributed by atoms with Crippen LogP contribution in [0.25, 0.3) is 44.1 Å². The van der Waals surface area contributed by atoms with E-state index in [9.17, 15) is 0 Å². The molecule has 0 spiro atoms. The van der Waals surface area contributed by atoms with Gasteiger partial charge in [-0.05, 0) is 73.1 Å². The van der Waals surface area contributed by atoms with Gasteiger partial charge in [0.15, 0.2) is 0 Å². The third-order valence-corrected chi connectivity index (χ3v) is 9.23. The molecule has 0 radical (unpaired) electrons. The maximum atomic E-state index is 8.19. The number of nitrogens with one attached hydrogen (secondary N) is 3. The Bertz CT molecular complexity index is 2030. The van der Waals surface area contributed by atoms with E-state index in [4.69, 9.17) is 18.6 Å². The molecule has 4 aromatic heterocycles. The van der Waals surface area contributed by atoms with Crippen molar-refractivity contribution in [2.75, 3.05) is 39.5 Å². The number of nitrogens with zero attached hydrogens (tertiary/aromatic N) is 7. The van der Waals surface area contributed by atoms with Crippen molar-refractivity contribution in [2.45, 2.75) is 65.7 Å². The molecule has 0 unspecified atom stereocenters. The van der Waals surface area contributed by atoms with Crippen LogP contribution in [-0.2, 0) is 52.0 Å². The average Bonchev–Trinajstić information content (AvgIpc) is 4.18. The van der Waals surface area contributed by atoms with Crippen molar-refractivity contribution in [3.8, 4) is 0 Å². The zero-order valence-corrected chi connectivity index (χ0v) is 37.9. The molecule has 1 saturated heterocycles. The van der Waals surface area contributed by atoms with Gasteiger partial charge in [-0.3, -0.25) is 9.80 Å². The number of hydrogen-bond acceptors (Lipinski definition) is 10. The van der Waals surface area contributed by atoms with Gasteiger partial charge < -0.3 is 39.9 Å². The fourth-order valence-corrected chi connectivity index (χ4v) is 6.35. The molecule has 4 aromatic carbocycles. The molecule has 1 aliphatic rings. The van der Waals surface area contributed by atoms with Crippen LogP contribution in [-0.4, -0.2) is 94.4 Å². The van der Waals surface area contributed by atoms with E-state index in [2.05, 4.69) is 62.8 Å². The Morgan fingerprint density at radius 1 is 0.603 bits per heavy atom. The van der Waals surface area contributed by atoms with Gasteiger partial charge in [0.1, 0.15) is 17.5 Å². The molecule has 63 heavy (non-hydrogen) atoms. The Kier molecular flexibility index (Phi) is 23.0. The van der Waals surface area contributed by atoms with Crippen molar-refractivity contribution in [1.29, 1.82) is 0 Å². The predicted octanol–water partition coefficient (Wildman–Crippen LogP) is 8.34. The first kappa shape index (κ1) is 50.1. The molecular formula is C48H61N10O4V+. The first-order valence-electron chi connectivity index (χ1n) is 21.3. The zero-order valence-electron chi connectivity index (χ0n) is 36.5. The molecule has 0 bridgehead atoms. The van der Waals surface area contributed by atoms with Gasteiger partial charge in [-0.1, -0.05) is 92.5 Å². The van der Waals surface area contributed by atoms with Gasteiger partial charge in [-0.15, -0.1) is 13.2 Å². The topological polar surface area (TPSA) is 186 Å². The first-order valence-corrected chi connectivity index (χ1v) is 21.9. The number of para-hydroxylation sites is 8. The quantitative estimate of drug-likeness (QED) is 0.0661. The number of aromatic amines is 3. The van der Waals surface area contributed by atoms with E-state index in [1.165, 1.54) is 12.8 Å². The number of ether oxygens (including phenoxy) is 1. The summed E-state index contributed by atoms with van der Waals surface area (Å²) >= 11 is 1.06. The molecule has 1 fully saturated rings. The summed E-state index contributed by atoms with van der Waals surface area (Å²) in [5.74, 6) is 3.67. The van der Waals surface area contributed by atoms with E-state index in [0.29, 0.717) is 26.3 Å². The summed E-state index contributed by atoms with van der Waals surface area (Å²) in [4.78, 5) is 37.8. The van der Waals surface area contributed by atoms with E-state index >= 15 is 0 Å². The molecule has 1 aliphatic heterocycles.